The monoisotopic (exact) mass is 348 g/mol. The highest BCUT2D eigenvalue weighted by molar-refractivity contribution is 9.10. The van der Waals surface area contributed by atoms with Crippen molar-refractivity contribution in [2.45, 2.75) is 32.7 Å². The number of aromatic nitrogens is 2. The molecular weight excluding hydrogens is 332 g/mol. The Kier molecular flexibility index (Phi) is 4.42. The Balaban J connectivity index is 0.00000161. The summed E-state index contributed by atoms with van der Waals surface area (Å²) in [6.45, 7) is 3.85. The summed E-state index contributed by atoms with van der Waals surface area (Å²) in [6.07, 6.45) is 3.24. The molecule has 0 bridgehead atoms. The third kappa shape index (κ3) is 2.83. The third-order valence-electron chi connectivity index (χ3n) is 3.65. The van der Waals surface area contributed by atoms with Gasteiger partial charge in [0.25, 0.3) is 5.56 Å². The number of hydrogen-bond acceptors (Lipinski definition) is 3. The lowest BCUT2D eigenvalue weighted by Crippen LogP contribution is -2.32. The maximum absolute atomic E-state index is 12.5. The van der Waals surface area contributed by atoms with Gasteiger partial charge in [0.15, 0.2) is 5.78 Å². The lowest BCUT2D eigenvalue weighted by Gasteiger charge is -2.23. The van der Waals surface area contributed by atoms with E-state index in [-0.39, 0.29) is 18.8 Å². The number of ketones is 1. The normalized spacial score (nSPS) is 18.6. The van der Waals surface area contributed by atoms with Crippen LogP contribution in [0.15, 0.2) is 45.9 Å². The first-order chi connectivity index (χ1) is 9.56. The number of benzene rings is 1. The molecule has 5 heteroatoms. The number of fused-ring (bicyclic) bond motifs is 1. The van der Waals surface area contributed by atoms with E-state index < -0.39 is 6.04 Å². The second-order valence-electron chi connectivity index (χ2n) is 5.07. The number of rotatable bonds is 1. The molecule has 0 saturated heterocycles. The predicted octanol–water partition coefficient (Wildman–Crippen LogP) is 3.65. The summed E-state index contributed by atoms with van der Waals surface area (Å²) < 4.78 is 2.29. The second-order valence-corrected chi connectivity index (χ2v) is 5.98. The number of Topliss-reactive ketones (excluding diaryl/α,β-unsaturated/α-hetero) is 1. The van der Waals surface area contributed by atoms with Gasteiger partial charge in [0.2, 0.25) is 0 Å². The zero-order chi connectivity index (χ0) is 14.3. The molecule has 1 saturated carbocycles. The van der Waals surface area contributed by atoms with Crippen LogP contribution < -0.4 is 5.56 Å². The highest BCUT2D eigenvalue weighted by atomic mass is 79.9. The molecule has 3 rings (SSSR count). The van der Waals surface area contributed by atoms with Gasteiger partial charge in [0.05, 0.1) is 23.3 Å². The van der Waals surface area contributed by atoms with E-state index in [4.69, 9.17) is 0 Å². The first kappa shape index (κ1) is 15.6. The highest BCUT2D eigenvalue weighted by Crippen LogP contribution is 2.27. The van der Waals surface area contributed by atoms with Gasteiger partial charge in [0.1, 0.15) is 0 Å². The van der Waals surface area contributed by atoms with Gasteiger partial charge in [0, 0.05) is 10.9 Å². The quantitative estimate of drug-likeness (QED) is 0.739. The SMILES string of the molecule is C.C=C1CCC(n2cnc3ccc(Br)cc3c2=O)C(=O)C1. The number of carbonyl (C=O) groups excluding carboxylic acids is 1. The van der Waals surface area contributed by atoms with E-state index in [9.17, 15) is 9.59 Å². The Morgan fingerprint density at radius 1 is 1.33 bits per heavy atom. The van der Waals surface area contributed by atoms with Crippen molar-refractivity contribution in [3.8, 4) is 0 Å². The first-order valence-electron chi connectivity index (χ1n) is 6.42. The molecule has 1 aromatic heterocycles. The fraction of sp³-hybridized carbons (Fsp3) is 0.312. The minimum Gasteiger partial charge on any atom is -0.297 e. The molecule has 21 heavy (non-hydrogen) atoms. The lowest BCUT2D eigenvalue weighted by molar-refractivity contribution is -0.122. The average molecular weight is 349 g/mol. The smallest absolute Gasteiger partial charge is 0.261 e. The van der Waals surface area contributed by atoms with Crippen molar-refractivity contribution < 1.29 is 4.79 Å². The van der Waals surface area contributed by atoms with Crippen molar-refractivity contribution in [3.05, 3.63) is 51.5 Å². The van der Waals surface area contributed by atoms with Crippen molar-refractivity contribution in [2.24, 2.45) is 0 Å². The standard InChI is InChI=1S/C15H13BrN2O2.CH4/c1-9-2-5-13(14(19)6-9)18-8-17-12-4-3-10(16)7-11(12)15(18)20;/h3-4,7-8,13H,1-2,5-6H2;1H4. The largest absolute Gasteiger partial charge is 0.297 e. The van der Waals surface area contributed by atoms with Crippen LogP contribution in [0.2, 0.25) is 0 Å². The van der Waals surface area contributed by atoms with Gasteiger partial charge >= 0.3 is 0 Å². The van der Waals surface area contributed by atoms with E-state index in [1.54, 1.807) is 12.1 Å². The summed E-state index contributed by atoms with van der Waals surface area (Å²) in [4.78, 5) is 28.9. The summed E-state index contributed by atoms with van der Waals surface area (Å²) in [5, 5.41) is 0.527. The summed E-state index contributed by atoms with van der Waals surface area (Å²) in [7, 11) is 0. The van der Waals surface area contributed by atoms with E-state index in [1.807, 2.05) is 6.07 Å². The van der Waals surface area contributed by atoms with Crippen LogP contribution in [0.3, 0.4) is 0 Å². The maximum Gasteiger partial charge on any atom is 0.261 e. The number of carbonyl (C=O) groups is 1. The van der Waals surface area contributed by atoms with E-state index >= 15 is 0 Å². The molecule has 0 spiro atoms. The molecule has 0 N–H and O–H groups in total. The fourth-order valence-corrected chi connectivity index (χ4v) is 2.94. The Morgan fingerprint density at radius 3 is 2.81 bits per heavy atom. The molecule has 2 aromatic rings. The molecule has 1 atom stereocenters. The maximum atomic E-state index is 12.5. The van der Waals surface area contributed by atoms with Gasteiger partial charge < -0.3 is 0 Å². The Labute approximate surface area is 131 Å². The predicted molar refractivity (Wildman–Crippen MR) is 87.5 cm³/mol. The molecule has 0 aliphatic heterocycles. The Bertz CT molecular complexity index is 779. The van der Waals surface area contributed by atoms with Crippen LogP contribution in [0.1, 0.15) is 32.7 Å². The van der Waals surface area contributed by atoms with Crippen molar-refractivity contribution in [2.75, 3.05) is 0 Å². The zero-order valence-electron chi connectivity index (χ0n) is 10.8. The molecule has 1 aromatic carbocycles. The van der Waals surface area contributed by atoms with Crippen molar-refractivity contribution in [1.82, 2.24) is 9.55 Å². The molecule has 1 unspecified atom stereocenters. The zero-order valence-corrected chi connectivity index (χ0v) is 12.4. The topological polar surface area (TPSA) is 52.0 Å². The van der Waals surface area contributed by atoms with Crippen LogP contribution in [0.4, 0.5) is 0 Å². The second kappa shape index (κ2) is 5.93. The van der Waals surface area contributed by atoms with Crippen LogP contribution in [-0.2, 0) is 4.79 Å². The van der Waals surface area contributed by atoms with Gasteiger partial charge in [-0.25, -0.2) is 4.98 Å². The van der Waals surface area contributed by atoms with Crippen LogP contribution >= 0.6 is 15.9 Å². The lowest BCUT2D eigenvalue weighted by atomic mass is 9.90. The van der Waals surface area contributed by atoms with Crippen molar-refractivity contribution >= 4 is 32.6 Å². The average Bonchev–Trinajstić information content (AvgIpc) is 2.41. The minimum atomic E-state index is -0.413. The third-order valence-corrected chi connectivity index (χ3v) is 4.14. The number of halogens is 1. The summed E-state index contributed by atoms with van der Waals surface area (Å²) in [5.41, 5.74) is 1.42. The van der Waals surface area contributed by atoms with Gasteiger partial charge in [-0.05, 0) is 31.0 Å². The van der Waals surface area contributed by atoms with Gasteiger partial charge in [-0.2, -0.15) is 0 Å². The van der Waals surface area contributed by atoms with E-state index in [0.29, 0.717) is 23.7 Å². The van der Waals surface area contributed by atoms with Crippen LogP contribution in [0.5, 0.6) is 0 Å². The first-order valence-corrected chi connectivity index (χ1v) is 7.21. The van der Waals surface area contributed by atoms with Gasteiger partial charge in [-0.1, -0.05) is 35.5 Å². The van der Waals surface area contributed by atoms with Gasteiger partial charge in [-0.3, -0.25) is 14.2 Å². The number of hydrogen-bond donors (Lipinski definition) is 0. The number of allylic oxidation sites excluding steroid dienone is 1. The number of nitrogens with zero attached hydrogens (tertiary/aromatic N) is 2. The summed E-state index contributed by atoms with van der Waals surface area (Å²) in [6, 6.07) is 4.96. The van der Waals surface area contributed by atoms with Crippen LogP contribution in [0, 0.1) is 0 Å². The molecule has 0 radical (unpaired) electrons. The van der Waals surface area contributed by atoms with E-state index in [0.717, 1.165) is 16.5 Å². The summed E-state index contributed by atoms with van der Waals surface area (Å²) >= 11 is 3.35. The van der Waals surface area contributed by atoms with Crippen molar-refractivity contribution in [1.29, 1.82) is 0 Å². The van der Waals surface area contributed by atoms with Crippen LogP contribution in [0.25, 0.3) is 10.9 Å². The van der Waals surface area contributed by atoms with Crippen LogP contribution in [-0.4, -0.2) is 15.3 Å². The highest BCUT2D eigenvalue weighted by Gasteiger charge is 2.26. The Hall–Kier alpha value is -1.75. The molecule has 0 amide bonds. The van der Waals surface area contributed by atoms with Gasteiger partial charge in [-0.15, -0.1) is 0 Å². The molecule has 1 aliphatic rings. The minimum absolute atomic E-state index is 0. The molecule has 1 aliphatic carbocycles. The fourth-order valence-electron chi connectivity index (χ4n) is 2.58. The van der Waals surface area contributed by atoms with Crippen molar-refractivity contribution in [3.63, 3.8) is 0 Å². The van der Waals surface area contributed by atoms with E-state index in [2.05, 4.69) is 27.5 Å². The molecule has 110 valence electrons. The molecule has 1 fully saturated rings. The summed E-state index contributed by atoms with van der Waals surface area (Å²) in [5.74, 6) is 0.0412. The van der Waals surface area contributed by atoms with E-state index in [1.165, 1.54) is 10.9 Å². The Morgan fingerprint density at radius 2 is 2.10 bits per heavy atom. The molecular formula is C16H17BrN2O2. The molecule has 4 nitrogen and oxygen atoms in total. The molecule has 1 heterocycles.